The molecule has 0 bridgehead atoms. The van der Waals surface area contributed by atoms with Crippen LogP contribution in [0.4, 0.5) is 14.5 Å². The van der Waals surface area contributed by atoms with Crippen LogP contribution in [0.2, 0.25) is 0 Å². The largest absolute Gasteiger partial charge is 0.586 e. The number of halogens is 2. The highest BCUT2D eigenvalue weighted by Crippen LogP contribution is 2.42. The maximum absolute atomic E-state index is 12.9. The molecule has 22 heavy (non-hydrogen) atoms. The zero-order chi connectivity index (χ0) is 15.7. The number of carbonyl (C=O) groups excluding carboxylic acids is 1. The molecule has 0 fully saturated rings. The Morgan fingerprint density at radius 3 is 2.91 bits per heavy atom. The summed E-state index contributed by atoms with van der Waals surface area (Å²) in [6.07, 6.45) is -3.68. The van der Waals surface area contributed by atoms with Crippen molar-refractivity contribution in [3.05, 3.63) is 18.2 Å². The van der Waals surface area contributed by atoms with Gasteiger partial charge >= 0.3 is 6.29 Å². The van der Waals surface area contributed by atoms with Crippen molar-refractivity contribution in [1.29, 1.82) is 0 Å². The van der Waals surface area contributed by atoms with E-state index in [1.165, 1.54) is 22.9 Å². The van der Waals surface area contributed by atoms with Crippen LogP contribution < -0.4 is 14.8 Å². The number of anilines is 1. The van der Waals surface area contributed by atoms with Crippen LogP contribution in [-0.2, 0) is 11.8 Å². The highest BCUT2D eigenvalue weighted by molar-refractivity contribution is 7.99. The molecule has 3 rings (SSSR count). The fourth-order valence-electron chi connectivity index (χ4n) is 1.70. The first kappa shape index (κ1) is 14.5. The molecule has 0 saturated carbocycles. The highest BCUT2D eigenvalue weighted by Gasteiger charge is 2.43. The molecule has 0 radical (unpaired) electrons. The van der Waals surface area contributed by atoms with E-state index in [0.717, 1.165) is 11.8 Å². The zero-order valence-corrected chi connectivity index (χ0v) is 11.9. The maximum atomic E-state index is 12.9. The lowest BCUT2D eigenvalue weighted by molar-refractivity contribution is -0.286. The minimum Gasteiger partial charge on any atom is -0.395 e. The Bertz CT molecular complexity index is 724. The lowest BCUT2D eigenvalue weighted by atomic mass is 10.3. The van der Waals surface area contributed by atoms with E-state index in [9.17, 15) is 13.6 Å². The molecule has 0 atom stereocenters. The number of aromatic nitrogens is 4. The number of aryl methyl sites for hydroxylation is 1. The number of tetrazole rings is 1. The molecule has 0 saturated heterocycles. The quantitative estimate of drug-likeness (QED) is 0.844. The number of rotatable bonds is 4. The number of nitrogens with one attached hydrogen (secondary N) is 1. The van der Waals surface area contributed by atoms with E-state index in [-0.39, 0.29) is 23.2 Å². The summed E-state index contributed by atoms with van der Waals surface area (Å²) in [5.74, 6) is -0.479. The Labute approximate surface area is 126 Å². The topological polar surface area (TPSA) is 91.2 Å². The summed E-state index contributed by atoms with van der Waals surface area (Å²) in [5, 5.41) is 13.9. The number of hydrogen-bond donors (Lipinski definition) is 1. The molecule has 11 heteroatoms. The predicted molar refractivity (Wildman–Crippen MR) is 70.8 cm³/mol. The molecule has 1 amide bonds. The van der Waals surface area contributed by atoms with E-state index in [1.807, 2.05) is 0 Å². The number of carbonyl (C=O) groups is 1. The second-order valence-electron chi connectivity index (χ2n) is 4.25. The van der Waals surface area contributed by atoms with E-state index in [1.54, 1.807) is 7.05 Å². The van der Waals surface area contributed by atoms with Gasteiger partial charge in [0.1, 0.15) is 0 Å². The average molecular weight is 329 g/mol. The van der Waals surface area contributed by atoms with Crippen molar-refractivity contribution in [3.8, 4) is 11.5 Å². The van der Waals surface area contributed by atoms with Gasteiger partial charge in [0.05, 0.1) is 5.75 Å². The van der Waals surface area contributed by atoms with Crippen molar-refractivity contribution in [2.45, 2.75) is 11.5 Å². The summed E-state index contributed by atoms with van der Waals surface area (Å²) in [4.78, 5) is 11.8. The van der Waals surface area contributed by atoms with E-state index in [2.05, 4.69) is 30.3 Å². The lowest BCUT2D eigenvalue weighted by Crippen LogP contribution is -2.25. The molecule has 116 valence electrons. The number of thioether (sulfide) groups is 1. The Morgan fingerprint density at radius 1 is 1.41 bits per heavy atom. The van der Waals surface area contributed by atoms with Gasteiger partial charge in [-0.05, 0) is 22.6 Å². The van der Waals surface area contributed by atoms with Crippen LogP contribution >= 0.6 is 11.8 Å². The van der Waals surface area contributed by atoms with Crippen molar-refractivity contribution in [3.63, 3.8) is 0 Å². The molecule has 0 aliphatic carbocycles. The fourth-order valence-corrected chi connectivity index (χ4v) is 2.35. The molecule has 1 aliphatic heterocycles. The molecule has 2 heterocycles. The van der Waals surface area contributed by atoms with E-state index in [4.69, 9.17) is 0 Å². The second kappa shape index (κ2) is 5.40. The molecule has 0 spiro atoms. The molecule has 1 aliphatic rings. The maximum Gasteiger partial charge on any atom is 0.586 e. The summed E-state index contributed by atoms with van der Waals surface area (Å²) in [6.45, 7) is 0. The third-order valence-electron chi connectivity index (χ3n) is 2.60. The monoisotopic (exact) mass is 329 g/mol. The van der Waals surface area contributed by atoms with Gasteiger partial charge in [0.25, 0.3) is 0 Å². The first-order valence-corrected chi connectivity index (χ1v) is 6.96. The first-order valence-electron chi connectivity index (χ1n) is 5.98. The van der Waals surface area contributed by atoms with Gasteiger partial charge in [0.2, 0.25) is 11.1 Å². The smallest absolute Gasteiger partial charge is 0.395 e. The fraction of sp³-hybridized carbons (Fsp3) is 0.273. The summed E-state index contributed by atoms with van der Waals surface area (Å²) >= 11 is 1.15. The number of benzene rings is 1. The molecule has 2 aromatic rings. The van der Waals surface area contributed by atoms with Gasteiger partial charge in [-0.25, -0.2) is 4.68 Å². The SMILES string of the molecule is Cn1nnnc1SCC(=O)Nc1ccc2c(c1)OC(F)(F)O2. The van der Waals surface area contributed by atoms with Crippen LogP contribution in [0, 0.1) is 0 Å². The molecular formula is C11H9F2N5O3S. The predicted octanol–water partition coefficient (Wildman–Crippen LogP) is 1.26. The van der Waals surface area contributed by atoms with E-state index < -0.39 is 6.29 Å². The van der Waals surface area contributed by atoms with Crippen molar-refractivity contribution >= 4 is 23.4 Å². The number of amides is 1. The summed E-state index contributed by atoms with van der Waals surface area (Å²) in [6, 6.07) is 4.00. The minimum absolute atomic E-state index is 0.0683. The first-order chi connectivity index (χ1) is 10.4. The van der Waals surface area contributed by atoms with E-state index >= 15 is 0 Å². The average Bonchev–Trinajstić information content (AvgIpc) is 2.97. The van der Waals surface area contributed by atoms with Gasteiger partial charge in [0.15, 0.2) is 11.5 Å². The van der Waals surface area contributed by atoms with Gasteiger partial charge in [-0.2, -0.15) is 0 Å². The summed E-state index contributed by atoms with van der Waals surface area (Å²) in [7, 11) is 1.65. The number of fused-ring (bicyclic) bond motifs is 1. The molecule has 1 aromatic heterocycles. The van der Waals surface area contributed by atoms with Gasteiger partial charge in [-0.1, -0.05) is 11.8 Å². The normalized spacial score (nSPS) is 14.9. The Morgan fingerprint density at radius 2 is 2.18 bits per heavy atom. The second-order valence-corrected chi connectivity index (χ2v) is 5.19. The number of alkyl halides is 2. The van der Waals surface area contributed by atoms with Gasteiger partial charge < -0.3 is 14.8 Å². The third-order valence-corrected chi connectivity index (χ3v) is 3.61. The molecule has 1 N–H and O–H groups in total. The number of nitrogens with zero attached hydrogens (tertiary/aromatic N) is 4. The van der Waals surface area contributed by atoms with Gasteiger partial charge in [-0.3, -0.25) is 4.79 Å². The van der Waals surface area contributed by atoms with Crippen molar-refractivity contribution in [2.24, 2.45) is 7.05 Å². The Balaban J connectivity index is 1.60. The molecule has 0 unspecified atom stereocenters. The van der Waals surface area contributed by atoms with Gasteiger partial charge in [0, 0.05) is 18.8 Å². The standard InChI is InChI=1S/C11H9F2N5O3S/c1-18-10(15-16-17-18)22-5-9(19)14-6-2-3-7-8(4-6)21-11(12,13)20-7/h2-4H,5H2,1H3,(H,14,19). The Hall–Kier alpha value is -2.43. The van der Waals surface area contributed by atoms with Crippen LogP contribution in [0.1, 0.15) is 0 Å². The zero-order valence-electron chi connectivity index (χ0n) is 11.1. The van der Waals surface area contributed by atoms with Gasteiger partial charge in [-0.15, -0.1) is 13.9 Å². The molecule has 1 aromatic carbocycles. The van der Waals surface area contributed by atoms with Crippen LogP contribution in [0.25, 0.3) is 0 Å². The number of hydrogen-bond acceptors (Lipinski definition) is 7. The van der Waals surface area contributed by atoms with Crippen LogP contribution in [0.5, 0.6) is 11.5 Å². The van der Waals surface area contributed by atoms with Crippen LogP contribution in [0.15, 0.2) is 23.4 Å². The summed E-state index contributed by atoms with van der Waals surface area (Å²) in [5.41, 5.74) is 0.321. The van der Waals surface area contributed by atoms with E-state index in [0.29, 0.717) is 10.8 Å². The molecular weight excluding hydrogens is 320 g/mol. The van der Waals surface area contributed by atoms with Crippen LogP contribution in [-0.4, -0.2) is 38.2 Å². The lowest BCUT2D eigenvalue weighted by Gasteiger charge is -2.05. The van der Waals surface area contributed by atoms with Crippen molar-refractivity contribution < 1.29 is 23.0 Å². The molecule has 8 nitrogen and oxygen atoms in total. The van der Waals surface area contributed by atoms with Crippen molar-refractivity contribution in [2.75, 3.05) is 11.1 Å². The minimum atomic E-state index is -3.68. The Kier molecular flexibility index (Phi) is 3.56. The third kappa shape index (κ3) is 3.08. The highest BCUT2D eigenvalue weighted by atomic mass is 32.2. The number of ether oxygens (including phenoxy) is 2. The van der Waals surface area contributed by atoms with Crippen LogP contribution in [0.3, 0.4) is 0 Å². The van der Waals surface area contributed by atoms with Crippen molar-refractivity contribution in [1.82, 2.24) is 20.2 Å². The summed E-state index contributed by atoms with van der Waals surface area (Å²) < 4.78 is 35.8.